The number of rotatable bonds is 3. The minimum atomic E-state index is 0.00246. The van der Waals surface area contributed by atoms with Crippen LogP contribution in [0.2, 0.25) is 0 Å². The second-order valence-electron chi connectivity index (χ2n) is 2.81. The lowest BCUT2D eigenvalue weighted by Crippen LogP contribution is -1.87. The van der Waals surface area contributed by atoms with Crippen molar-refractivity contribution in [1.82, 2.24) is 4.98 Å². The van der Waals surface area contributed by atoms with E-state index in [4.69, 9.17) is 4.42 Å². The summed E-state index contributed by atoms with van der Waals surface area (Å²) in [5, 5.41) is 9.76. The third-order valence-corrected chi connectivity index (χ3v) is 3.29. The highest BCUT2D eigenvalue weighted by Gasteiger charge is 2.07. The van der Waals surface area contributed by atoms with Gasteiger partial charge in [0.2, 0.25) is 0 Å². The lowest BCUT2D eigenvalue weighted by atomic mass is 10.2. The van der Waals surface area contributed by atoms with Gasteiger partial charge >= 0.3 is 0 Å². The van der Waals surface area contributed by atoms with Crippen LogP contribution in [0.5, 0.6) is 0 Å². The van der Waals surface area contributed by atoms with Crippen LogP contribution < -0.4 is 0 Å². The maximum Gasteiger partial charge on any atom is 0.260 e. The second kappa shape index (κ2) is 4.83. The highest BCUT2D eigenvalue weighted by atomic mass is 79.9. The lowest BCUT2D eigenvalue weighted by molar-refractivity contribution is 0.279. The maximum absolute atomic E-state index is 9.19. The summed E-state index contributed by atoms with van der Waals surface area (Å²) in [6.07, 6.45) is 3.12. The van der Waals surface area contributed by atoms with Gasteiger partial charge in [-0.05, 0) is 35.5 Å². The summed E-state index contributed by atoms with van der Waals surface area (Å²) in [5.74, 6) is 0. The van der Waals surface area contributed by atoms with Crippen molar-refractivity contribution in [3.05, 3.63) is 40.7 Å². The van der Waals surface area contributed by atoms with E-state index in [1.165, 1.54) is 18.0 Å². The first kappa shape index (κ1) is 10.7. The van der Waals surface area contributed by atoms with E-state index in [-0.39, 0.29) is 6.61 Å². The van der Waals surface area contributed by atoms with E-state index in [1.807, 2.05) is 18.2 Å². The summed E-state index contributed by atoms with van der Waals surface area (Å²) in [7, 11) is 0. The summed E-state index contributed by atoms with van der Waals surface area (Å²) in [5.41, 5.74) is 0.854. The lowest BCUT2D eigenvalue weighted by Gasteiger charge is -2.04. The van der Waals surface area contributed by atoms with Gasteiger partial charge in [-0.15, -0.1) is 0 Å². The van der Waals surface area contributed by atoms with Gasteiger partial charge in [0.05, 0.1) is 12.8 Å². The molecule has 1 aromatic heterocycles. The summed E-state index contributed by atoms with van der Waals surface area (Å²) in [6.45, 7) is 0.00246. The molecular weight excluding hydrogens is 278 g/mol. The van der Waals surface area contributed by atoms with Crippen molar-refractivity contribution in [3.63, 3.8) is 0 Å². The summed E-state index contributed by atoms with van der Waals surface area (Å²) in [4.78, 5) is 4.96. The van der Waals surface area contributed by atoms with E-state index < -0.39 is 0 Å². The smallest absolute Gasteiger partial charge is 0.260 e. The molecule has 1 heterocycles. The second-order valence-corrected chi connectivity index (χ2v) is 4.72. The molecule has 1 aromatic carbocycles. The average Bonchev–Trinajstić information content (AvgIpc) is 2.73. The molecule has 0 saturated carbocycles. The first-order chi connectivity index (χ1) is 7.29. The molecular formula is C10H8BrNO2S. The third-order valence-electron chi connectivity index (χ3n) is 1.80. The predicted octanol–water partition coefficient (Wildman–Crippen LogP) is 3.08. The molecule has 2 aromatic rings. The topological polar surface area (TPSA) is 46.3 Å². The van der Waals surface area contributed by atoms with Crippen molar-refractivity contribution in [2.24, 2.45) is 0 Å². The zero-order valence-corrected chi connectivity index (χ0v) is 10.1. The minimum absolute atomic E-state index is 0.00246. The molecule has 0 radical (unpaired) electrons. The Hall–Kier alpha value is -0.780. The van der Waals surface area contributed by atoms with E-state index in [1.54, 1.807) is 6.20 Å². The number of aliphatic hydroxyl groups is 1. The van der Waals surface area contributed by atoms with Crippen LogP contribution in [0.1, 0.15) is 5.56 Å². The van der Waals surface area contributed by atoms with Crippen LogP contribution in [0, 0.1) is 0 Å². The summed E-state index contributed by atoms with van der Waals surface area (Å²) < 4.78 is 6.07. The molecule has 0 aliphatic carbocycles. The highest BCUT2D eigenvalue weighted by molar-refractivity contribution is 9.10. The van der Waals surface area contributed by atoms with Gasteiger partial charge in [0.25, 0.3) is 5.22 Å². The molecule has 0 unspecified atom stereocenters. The zero-order chi connectivity index (χ0) is 10.7. The SMILES string of the molecule is OCc1cc(Br)ccc1Sc1ncco1. The molecule has 0 aliphatic rings. The molecule has 0 amide bonds. The van der Waals surface area contributed by atoms with Crippen LogP contribution in [0.4, 0.5) is 0 Å². The minimum Gasteiger partial charge on any atom is -0.440 e. The van der Waals surface area contributed by atoms with Crippen LogP contribution in [-0.2, 0) is 6.61 Å². The van der Waals surface area contributed by atoms with Gasteiger partial charge in [0, 0.05) is 9.37 Å². The third kappa shape index (κ3) is 2.62. The van der Waals surface area contributed by atoms with Crippen LogP contribution in [0.25, 0.3) is 0 Å². The fourth-order valence-corrected chi connectivity index (χ4v) is 2.33. The molecule has 2 rings (SSSR count). The maximum atomic E-state index is 9.19. The normalized spacial score (nSPS) is 10.5. The van der Waals surface area contributed by atoms with Gasteiger partial charge in [-0.3, -0.25) is 0 Å². The summed E-state index contributed by atoms with van der Waals surface area (Å²) >= 11 is 4.75. The van der Waals surface area contributed by atoms with Crippen molar-refractivity contribution in [3.8, 4) is 0 Å². The number of oxazole rings is 1. The molecule has 0 bridgehead atoms. The Bertz CT molecular complexity index is 445. The van der Waals surface area contributed by atoms with E-state index in [9.17, 15) is 5.11 Å². The Labute approximate surface area is 99.7 Å². The Balaban J connectivity index is 2.28. The molecule has 0 spiro atoms. The van der Waals surface area contributed by atoms with E-state index >= 15 is 0 Å². The van der Waals surface area contributed by atoms with Crippen molar-refractivity contribution in [2.45, 2.75) is 16.7 Å². The first-order valence-corrected chi connectivity index (χ1v) is 5.87. The largest absolute Gasteiger partial charge is 0.440 e. The standard InChI is InChI=1S/C10H8BrNO2S/c11-8-1-2-9(7(5-8)6-13)15-10-12-3-4-14-10/h1-5,13H,6H2. The Morgan fingerprint density at radius 1 is 1.47 bits per heavy atom. The molecule has 5 heteroatoms. The number of halogens is 1. The average molecular weight is 286 g/mol. The van der Waals surface area contributed by atoms with Gasteiger partial charge in [-0.2, -0.15) is 0 Å². The van der Waals surface area contributed by atoms with Gasteiger partial charge < -0.3 is 9.52 Å². The number of aliphatic hydroxyl groups excluding tert-OH is 1. The molecule has 0 atom stereocenters. The number of benzene rings is 1. The van der Waals surface area contributed by atoms with Crippen LogP contribution in [0.15, 0.2) is 49.7 Å². The fraction of sp³-hybridized carbons (Fsp3) is 0.100. The fourth-order valence-electron chi connectivity index (χ4n) is 1.13. The van der Waals surface area contributed by atoms with Crippen molar-refractivity contribution >= 4 is 27.7 Å². The number of hydrogen-bond donors (Lipinski definition) is 1. The summed E-state index contributed by atoms with van der Waals surface area (Å²) in [6, 6.07) is 5.72. The van der Waals surface area contributed by atoms with E-state index in [0.717, 1.165) is 14.9 Å². The van der Waals surface area contributed by atoms with Crippen molar-refractivity contribution in [2.75, 3.05) is 0 Å². The van der Waals surface area contributed by atoms with E-state index in [2.05, 4.69) is 20.9 Å². The van der Waals surface area contributed by atoms with Gasteiger partial charge in [0.1, 0.15) is 6.26 Å². The van der Waals surface area contributed by atoms with Crippen LogP contribution in [-0.4, -0.2) is 10.1 Å². The Morgan fingerprint density at radius 3 is 3.00 bits per heavy atom. The van der Waals surface area contributed by atoms with Gasteiger partial charge in [-0.1, -0.05) is 15.9 Å². The zero-order valence-electron chi connectivity index (χ0n) is 7.68. The Kier molecular flexibility index (Phi) is 3.45. The molecule has 0 fully saturated rings. The first-order valence-electron chi connectivity index (χ1n) is 4.26. The predicted molar refractivity (Wildman–Crippen MR) is 60.7 cm³/mol. The van der Waals surface area contributed by atoms with E-state index in [0.29, 0.717) is 5.22 Å². The monoisotopic (exact) mass is 285 g/mol. The van der Waals surface area contributed by atoms with Crippen molar-refractivity contribution in [1.29, 1.82) is 0 Å². The van der Waals surface area contributed by atoms with Crippen LogP contribution >= 0.6 is 27.7 Å². The van der Waals surface area contributed by atoms with Crippen molar-refractivity contribution < 1.29 is 9.52 Å². The molecule has 1 N–H and O–H groups in total. The number of aromatic nitrogens is 1. The van der Waals surface area contributed by atoms with Gasteiger partial charge in [-0.25, -0.2) is 4.98 Å². The molecule has 0 aliphatic heterocycles. The quantitative estimate of drug-likeness (QED) is 0.941. The number of hydrogen-bond acceptors (Lipinski definition) is 4. The molecule has 3 nitrogen and oxygen atoms in total. The van der Waals surface area contributed by atoms with Gasteiger partial charge in [0.15, 0.2) is 0 Å². The molecule has 15 heavy (non-hydrogen) atoms. The van der Waals surface area contributed by atoms with Crippen LogP contribution in [0.3, 0.4) is 0 Å². The molecule has 0 saturated heterocycles. The highest BCUT2D eigenvalue weighted by Crippen LogP contribution is 2.30. The Morgan fingerprint density at radius 2 is 2.33 bits per heavy atom. The number of nitrogens with zero attached hydrogens (tertiary/aromatic N) is 1. The molecule has 78 valence electrons.